The minimum Gasteiger partial charge on any atom is -0.314 e. The highest BCUT2D eigenvalue weighted by atomic mass is 35.5. The van der Waals surface area contributed by atoms with Crippen LogP contribution < -0.4 is 5.32 Å². The standard InChI is InChI=1S/C15H21ClN2O2S.ClH/c16-13-3-5-14(6-4-13)21(19,20)18-10-7-12(8-11-18)15-2-1-9-17-15;/h3-6,12,15,17H,1-2,7-11H2;1H. The Bertz CT molecular complexity index is 578. The predicted molar refractivity (Wildman–Crippen MR) is 91.2 cm³/mol. The zero-order valence-electron chi connectivity index (χ0n) is 12.4. The van der Waals surface area contributed by atoms with Crippen LogP contribution in [0.4, 0.5) is 0 Å². The number of nitrogens with one attached hydrogen (secondary N) is 1. The number of piperidine rings is 1. The second kappa shape index (κ2) is 7.49. The van der Waals surface area contributed by atoms with Crippen molar-refractivity contribution in [3.05, 3.63) is 29.3 Å². The molecule has 1 atom stereocenters. The zero-order valence-corrected chi connectivity index (χ0v) is 14.8. The first-order chi connectivity index (χ1) is 10.1. The maximum absolute atomic E-state index is 12.6. The average molecular weight is 365 g/mol. The van der Waals surface area contributed by atoms with E-state index in [1.807, 2.05) is 0 Å². The second-order valence-corrected chi connectivity index (χ2v) is 8.27. The summed E-state index contributed by atoms with van der Waals surface area (Å²) in [6, 6.07) is 7.02. The molecule has 1 aromatic rings. The number of hydrogen-bond donors (Lipinski definition) is 1. The lowest BCUT2D eigenvalue weighted by Gasteiger charge is -2.34. The molecule has 0 aromatic heterocycles. The number of halogens is 2. The van der Waals surface area contributed by atoms with Crippen LogP contribution in [-0.4, -0.2) is 38.4 Å². The SMILES string of the molecule is Cl.O=S(=O)(c1ccc(Cl)cc1)N1CCC(C2CCCN2)CC1. The number of nitrogens with zero attached hydrogens (tertiary/aromatic N) is 1. The monoisotopic (exact) mass is 364 g/mol. The van der Waals surface area contributed by atoms with Gasteiger partial charge in [0.1, 0.15) is 0 Å². The molecule has 0 amide bonds. The van der Waals surface area contributed by atoms with Crippen LogP contribution in [-0.2, 0) is 10.0 Å². The fourth-order valence-electron chi connectivity index (χ4n) is 3.39. The van der Waals surface area contributed by atoms with E-state index in [1.165, 1.54) is 12.8 Å². The van der Waals surface area contributed by atoms with Gasteiger partial charge in [-0.3, -0.25) is 0 Å². The minimum atomic E-state index is -3.37. The number of benzene rings is 1. The van der Waals surface area contributed by atoms with Gasteiger partial charge in [0.05, 0.1) is 4.90 Å². The van der Waals surface area contributed by atoms with Gasteiger partial charge < -0.3 is 5.32 Å². The smallest absolute Gasteiger partial charge is 0.243 e. The van der Waals surface area contributed by atoms with Crippen molar-refractivity contribution >= 4 is 34.0 Å². The summed E-state index contributed by atoms with van der Waals surface area (Å²) < 4.78 is 26.8. The topological polar surface area (TPSA) is 49.4 Å². The Hall–Kier alpha value is -0.330. The minimum absolute atomic E-state index is 0. The van der Waals surface area contributed by atoms with Crippen molar-refractivity contribution in [1.82, 2.24) is 9.62 Å². The molecule has 2 aliphatic heterocycles. The first-order valence-electron chi connectivity index (χ1n) is 7.56. The highest BCUT2D eigenvalue weighted by molar-refractivity contribution is 7.89. The van der Waals surface area contributed by atoms with Gasteiger partial charge in [-0.05, 0) is 62.4 Å². The molecule has 124 valence electrons. The Morgan fingerprint density at radius 1 is 1.09 bits per heavy atom. The molecule has 2 aliphatic rings. The summed E-state index contributed by atoms with van der Waals surface area (Å²) in [4.78, 5) is 0.337. The van der Waals surface area contributed by atoms with Crippen molar-refractivity contribution in [3.63, 3.8) is 0 Å². The van der Waals surface area contributed by atoms with Crippen LogP contribution in [0.25, 0.3) is 0 Å². The molecule has 7 heteroatoms. The molecular weight excluding hydrogens is 343 g/mol. The molecule has 1 aromatic carbocycles. The van der Waals surface area contributed by atoms with Gasteiger partial charge in [0.2, 0.25) is 10.0 Å². The quantitative estimate of drug-likeness (QED) is 0.896. The van der Waals surface area contributed by atoms with Gasteiger partial charge in [0.15, 0.2) is 0 Å². The first kappa shape index (κ1) is 18.0. The summed E-state index contributed by atoms with van der Waals surface area (Å²) in [6.45, 7) is 2.34. The Labute approximate surface area is 143 Å². The molecule has 1 N–H and O–H groups in total. The van der Waals surface area contributed by atoms with Crippen molar-refractivity contribution in [3.8, 4) is 0 Å². The second-order valence-electron chi connectivity index (χ2n) is 5.90. The van der Waals surface area contributed by atoms with Crippen LogP contribution in [0, 0.1) is 5.92 Å². The zero-order chi connectivity index (χ0) is 14.9. The molecule has 2 heterocycles. The lowest BCUT2D eigenvalue weighted by Crippen LogP contribution is -2.43. The van der Waals surface area contributed by atoms with Gasteiger partial charge in [-0.25, -0.2) is 8.42 Å². The van der Waals surface area contributed by atoms with Gasteiger partial charge in [0, 0.05) is 24.2 Å². The van der Waals surface area contributed by atoms with Crippen LogP contribution in [0.5, 0.6) is 0 Å². The predicted octanol–water partition coefficient (Wildman–Crippen LogP) is 2.91. The number of hydrogen-bond acceptors (Lipinski definition) is 3. The molecule has 0 bridgehead atoms. The molecule has 3 rings (SSSR count). The van der Waals surface area contributed by atoms with Crippen molar-refractivity contribution in [1.29, 1.82) is 0 Å². The van der Waals surface area contributed by atoms with Crippen LogP contribution in [0.3, 0.4) is 0 Å². The van der Waals surface area contributed by atoms with Crippen molar-refractivity contribution in [2.24, 2.45) is 5.92 Å². The third-order valence-corrected chi connectivity index (χ3v) is 6.78. The summed E-state index contributed by atoms with van der Waals surface area (Å²) in [7, 11) is -3.37. The molecule has 2 fully saturated rings. The fraction of sp³-hybridized carbons (Fsp3) is 0.600. The highest BCUT2D eigenvalue weighted by Gasteiger charge is 2.33. The summed E-state index contributed by atoms with van der Waals surface area (Å²) in [6.07, 6.45) is 4.37. The van der Waals surface area contributed by atoms with E-state index >= 15 is 0 Å². The summed E-state index contributed by atoms with van der Waals surface area (Å²) in [5.41, 5.74) is 0. The van der Waals surface area contributed by atoms with Crippen LogP contribution in [0.2, 0.25) is 5.02 Å². The molecule has 0 spiro atoms. The lowest BCUT2D eigenvalue weighted by molar-refractivity contribution is 0.234. The van der Waals surface area contributed by atoms with E-state index in [1.54, 1.807) is 28.6 Å². The van der Waals surface area contributed by atoms with Gasteiger partial charge in [-0.1, -0.05) is 11.6 Å². The molecule has 0 radical (unpaired) electrons. The third-order valence-electron chi connectivity index (χ3n) is 4.62. The molecule has 1 unspecified atom stereocenters. The maximum Gasteiger partial charge on any atom is 0.243 e. The van der Waals surface area contributed by atoms with Gasteiger partial charge in [0.25, 0.3) is 0 Å². The Morgan fingerprint density at radius 3 is 2.27 bits per heavy atom. The fourth-order valence-corrected chi connectivity index (χ4v) is 4.98. The van der Waals surface area contributed by atoms with E-state index in [0.29, 0.717) is 35.0 Å². The van der Waals surface area contributed by atoms with Gasteiger partial charge in [-0.2, -0.15) is 4.31 Å². The van der Waals surface area contributed by atoms with E-state index in [9.17, 15) is 8.42 Å². The lowest BCUT2D eigenvalue weighted by atomic mass is 9.89. The van der Waals surface area contributed by atoms with Crippen molar-refractivity contribution < 1.29 is 8.42 Å². The summed E-state index contributed by atoms with van der Waals surface area (Å²) >= 11 is 5.82. The van der Waals surface area contributed by atoms with E-state index in [2.05, 4.69) is 5.32 Å². The third kappa shape index (κ3) is 3.77. The molecule has 0 aliphatic carbocycles. The van der Waals surface area contributed by atoms with E-state index in [4.69, 9.17) is 11.6 Å². The Balaban J connectivity index is 0.00000176. The van der Waals surface area contributed by atoms with E-state index < -0.39 is 10.0 Å². The van der Waals surface area contributed by atoms with Crippen LogP contribution >= 0.6 is 24.0 Å². The summed E-state index contributed by atoms with van der Waals surface area (Å²) in [5.74, 6) is 0.615. The molecule has 4 nitrogen and oxygen atoms in total. The molecule has 2 saturated heterocycles. The molecular formula is C15H22Cl2N2O2S. The summed E-state index contributed by atoms with van der Waals surface area (Å²) in [5, 5.41) is 4.09. The van der Waals surface area contributed by atoms with Crippen molar-refractivity contribution in [2.75, 3.05) is 19.6 Å². The van der Waals surface area contributed by atoms with Crippen LogP contribution in [0.1, 0.15) is 25.7 Å². The largest absolute Gasteiger partial charge is 0.314 e. The molecule has 22 heavy (non-hydrogen) atoms. The van der Waals surface area contributed by atoms with E-state index in [0.717, 1.165) is 19.4 Å². The van der Waals surface area contributed by atoms with Gasteiger partial charge in [-0.15, -0.1) is 12.4 Å². The average Bonchev–Trinajstić information content (AvgIpc) is 3.02. The molecule has 0 saturated carbocycles. The number of rotatable bonds is 3. The Kier molecular flexibility index (Phi) is 6.14. The number of sulfonamides is 1. The van der Waals surface area contributed by atoms with Gasteiger partial charge >= 0.3 is 0 Å². The maximum atomic E-state index is 12.6. The van der Waals surface area contributed by atoms with E-state index in [-0.39, 0.29) is 12.4 Å². The Morgan fingerprint density at radius 2 is 1.73 bits per heavy atom. The normalized spacial score (nSPS) is 24.1. The van der Waals surface area contributed by atoms with Crippen LogP contribution in [0.15, 0.2) is 29.2 Å². The highest BCUT2D eigenvalue weighted by Crippen LogP contribution is 2.29. The first-order valence-corrected chi connectivity index (χ1v) is 9.38. The van der Waals surface area contributed by atoms with Crippen molar-refractivity contribution in [2.45, 2.75) is 36.6 Å².